The second kappa shape index (κ2) is 10.4. The van der Waals surface area contributed by atoms with Gasteiger partial charge in [-0.05, 0) is 25.1 Å². The van der Waals surface area contributed by atoms with Crippen LogP contribution in [0.1, 0.15) is 23.7 Å². The van der Waals surface area contributed by atoms with Gasteiger partial charge in [0, 0.05) is 25.2 Å². The summed E-state index contributed by atoms with van der Waals surface area (Å²) in [6, 6.07) is 6.72. The number of benzene rings is 1. The van der Waals surface area contributed by atoms with Gasteiger partial charge >= 0.3 is 6.18 Å². The van der Waals surface area contributed by atoms with Crippen LogP contribution in [0.3, 0.4) is 0 Å². The molecule has 0 saturated carbocycles. The van der Waals surface area contributed by atoms with E-state index in [2.05, 4.69) is 20.9 Å². The van der Waals surface area contributed by atoms with E-state index in [-0.39, 0.29) is 18.4 Å². The van der Waals surface area contributed by atoms with Gasteiger partial charge in [0.15, 0.2) is 5.96 Å². The molecule has 9 heteroatoms. The van der Waals surface area contributed by atoms with Gasteiger partial charge < -0.3 is 20.7 Å². The van der Waals surface area contributed by atoms with Gasteiger partial charge in [-0.15, -0.1) is 0 Å². The van der Waals surface area contributed by atoms with Crippen molar-refractivity contribution in [3.05, 3.63) is 29.8 Å². The molecule has 0 heterocycles. The Hall–Kier alpha value is -2.45. The van der Waals surface area contributed by atoms with Crippen molar-refractivity contribution >= 4 is 11.9 Å². The van der Waals surface area contributed by atoms with Crippen LogP contribution in [-0.4, -0.2) is 51.3 Å². The molecule has 0 fully saturated rings. The number of ether oxygens (including phenoxy) is 1. The van der Waals surface area contributed by atoms with E-state index in [1.807, 2.05) is 6.92 Å². The topological polar surface area (TPSA) is 74.8 Å². The minimum atomic E-state index is -4.23. The van der Waals surface area contributed by atoms with Crippen molar-refractivity contribution in [2.24, 2.45) is 4.99 Å². The number of nitrogens with zero attached hydrogens (tertiary/aromatic N) is 1. The van der Waals surface area contributed by atoms with Gasteiger partial charge in [0.2, 0.25) is 0 Å². The minimum Gasteiger partial charge on any atom is -0.497 e. The van der Waals surface area contributed by atoms with E-state index in [0.717, 1.165) is 0 Å². The zero-order chi connectivity index (χ0) is 18.7. The van der Waals surface area contributed by atoms with Crippen LogP contribution in [0, 0.1) is 0 Å². The lowest BCUT2D eigenvalue weighted by atomic mass is 10.2. The van der Waals surface area contributed by atoms with Gasteiger partial charge in [-0.2, -0.15) is 13.2 Å². The normalized spacial score (nSPS) is 11.8. The lowest BCUT2D eigenvalue weighted by molar-refractivity contribution is -0.132. The summed E-state index contributed by atoms with van der Waals surface area (Å²) >= 11 is 0. The first-order chi connectivity index (χ1) is 11.9. The second-order valence-corrected chi connectivity index (χ2v) is 5.04. The largest absolute Gasteiger partial charge is 0.497 e. The lowest BCUT2D eigenvalue weighted by Gasteiger charge is -2.12. The summed E-state index contributed by atoms with van der Waals surface area (Å²) in [6.45, 7) is 2.60. The van der Waals surface area contributed by atoms with Crippen LogP contribution in [-0.2, 0) is 0 Å². The molecule has 1 rings (SSSR count). The summed E-state index contributed by atoms with van der Waals surface area (Å²) in [5, 5.41) is 8.42. The maximum atomic E-state index is 12.1. The number of hydrogen-bond donors (Lipinski definition) is 3. The number of aliphatic imine (C=N–C) groups is 1. The van der Waals surface area contributed by atoms with Crippen molar-refractivity contribution in [3.8, 4) is 5.75 Å². The number of halogens is 3. The highest BCUT2D eigenvalue weighted by molar-refractivity contribution is 5.94. The third-order valence-electron chi connectivity index (χ3n) is 3.04. The predicted octanol–water partition coefficient (Wildman–Crippen LogP) is 1.93. The molecule has 0 spiro atoms. The maximum Gasteiger partial charge on any atom is 0.390 e. The molecule has 0 bridgehead atoms. The zero-order valence-electron chi connectivity index (χ0n) is 14.2. The highest BCUT2D eigenvalue weighted by Crippen LogP contribution is 2.18. The van der Waals surface area contributed by atoms with Gasteiger partial charge in [0.05, 0.1) is 20.1 Å². The molecule has 0 unspecified atom stereocenters. The minimum absolute atomic E-state index is 0.264. The van der Waals surface area contributed by atoms with Gasteiger partial charge in [-0.25, -0.2) is 0 Å². The molecular weight excluding hydrogens is 337 g/mol. The Morgan fingerprint density at radius 3 is 2.56 bits per heavy atom. The Morgan fingerprint density at radius 2 is 1.92 bits per heavy atom. The van der Waals surface area contributed by atoms with Crippen LogP contribution in [0.5, 0.6) is 5.75 Å². The first-order valence-electron chi connectivity index (χ1n) is 7.87. The number of amides is 1. The number of nitrogens with one attached hydrogen (secondary N) is 3. The van der Waals surface area contributed by atoms with Crippen molar-refractivity contribution < 1.29 is 22.7 Å². The fourth-order valence-corrected chi connectivity index (χ4v) is 1.86. The summed E-state index contributed by atoms with van der Waals surface area (Å²) in [5.41, 5.74) is 0.463. The van der Waals surface area contributed by atoms with E-state index < -0.39 is 12.6 Å². The first kappa shape index (κ1) is 20.6. The molecule has 0 radical (unpaired) electrons. The molecule has 0 atom stereocenters. The summed E-state index contributed by atoms with van der Waals surface area (Å²) in [7, 11) is 1.52. The lowest BCUT2D eigenvalue weighted by Crippen LogP contribution is -2.41. The van der Waals surface area contributed by atoms with Crippen LogP contribution in [0.4, 0.5) is 13.2 Å². The van der Waals surface area contributed by atoms with Crippen LogP contribution >= 0.6 is 0 Å². The number of carbonyl (C=O) groups excluding carboxylic acids is 1. The molecule has 0 aliphatic heterocycles. The van der Waals surface area contributed by atoms with Gasteiger partial charge in [-0.3, -0.25) is 9.79 Å². The number of methoxy groups -OCH3 is 1. The monoisotopic (exact) mass is 360 g/mol. The fourth-order valence-electron chi connectivity index (χ4n) is 1.86. The highest BCUT2D eigenvalue weighted by atomic mass is 19.4. The highest BCUT2D eigenvalue weighted by Gasteiger charge is 2.26. The molecule has 6 nitrogen and oxygen atoms in total. The molecule has 0 aromatic heterocycles. The quantitative estimate of drug-likeness (QED) is 0.376. The Morgan fingerprint density at radius 1 is 1.20 bits per heavy atom. The van der Waals surface area contributed by atoms with E-state index in [1.54, 1.807) is 24.3 Å². The molecule has 140 valence electrons. The van der Waals surface area contributed by atoms with E-state index in [9.17, 15) is 18.0 Å². The van der Waals surface area contributed by atoms with Crippen molar-refractivity contribution in [2.75, 3.05) is 33.3 Å². The van der Waals surface area contributed by atoms with Gasteiger partial charge in [-0.1, -0.05) is 6.07 Å². The molecule has 0 saturated heterocycles. The summed E-state index contributed by atoms with van der Waals surface area (Å²) in [4.78, 5) is 15.8. The number of rotatable bonds is 8. The fraction of sp³-hybridized carbons (Fsp3) is 0.500. The molecule has 0 aliphatic carbocycles. The average molecular weight is 360 g/mol. The SMILES string of the molecule is CCNC(=NCCC(F)(F)F)NCCNC(=O)c1cccc(OC)c1. The third-order valence-corrected chi connectivity index (χ3v) is 3.04. The Balaban J connectivity index is 2.40. The van der Waals surface area contributed by atoms with E-state index in [4.69, 9.17) is 4.74 Å². The second-order valence-electron chi connectivity index (χ2n) is 5.04. The first-order valence-corrected chi connectivity index (χ1v) is 7.87. The van der Waals surface area contributed by atoms with Crippen LogP contribution < -0.4 is 20.7 Å². The average Bonchev–Trinajstić information content (AvgIpc) is 2.57. The van der Waals surface area contributed by atoms with Crippen molar-refractivity contribution in [3.63, 3.8) is 0 Å². The number of alkyl halides is 3. The number of carbonyl (C=O) groups is 1. The zero-order valence-corrected chi connectivity index (χ0v) is 14.2. The van der Waals surface area contributed by atoms with Gasteiger partial charge in [0.25, 0.3) is 5.91 Å². The molecule has 0 aliphatic rings. The molecule has 25 heavy (non-hydrogen) atoms. The smallest absolute Gasteiger partial charge is 0.390 e. The van der Waals surface area contributed by atoms with E-state index in [0.29, 0.717) is 30.9 Å². The Labute approximate surface area is 144 Å². The van der Waals surface area contributed by atoms with Crippen LogP contribution in [0.25, 0.3) is 0 Å². The van der Waals surface area contributed by atoms with Crippen molar-refractivity contribution in [2.45, 2.75) is 19.5 Å². The molecule has 1 amide bonds. The Bertz CT molecular complexity index is 577. The van der Waals surface area contributed by atoms with Gasteiger partial charge in [0.1, 0.15) is 5.75 Å². The van der Waals surface area contributed by atoms with Crippen LogP contribution in [0.15, 0.2) is 29.3 Å². The van der Waals surface area contributed by atoms with Crippen LogP contribution in [0.2, 0.25) is 0 Å². The van der Waals surface area contributed by atoms with Crippen molar-refractivity contribution in [1.29, 1.82) is 0 Å². The predicted molar refractivity (Wildman–Crippen MR) is 90.0 cm³/mol. The third kappa shape index (κ3) is 8.83. The van der Waals surface area contributed by atoms with E-state index in [1.165, 1.54) is 7.11 Å². The summed E-state index contributed by atoms with van der Waals surface area (Å²) < 4.78 is 41.5. The number of guanidine groups is 1. The molecule has 1 aromatic carbocycles. The molecule has 1 aromatic rings. The summed E-state index contributed by atoms with van der Waals surface area (Å²) in [6.07, 6.45) is -5.21. The molecular formula is C16H23F3N4O2. The molecule has 3 N–H and O–H groups in total. The maximum absolute atomic E-state index is 12.1. The Kier molecular flexibility index (Phi) is 8.59. The summed E-state index contributed by atoms with van der Waals surface area (Å²) in [5.74, 6) is 0.596. The van der Waals surface area contributed by atoms with E-state index >= 15 is 0 Å². The van der Waals surface area contributed by atoms with Crippen molar-refractivity contribution in [1.82, 2.24) is 16.0 Å². The number of hydrogen-bond acceptors (Lipinski definition) is 3. The standard InChI is InChI=1S/C16H23F3N4O2/c1-3-20-15(22-8-7-16(17,18)19)23-10-9-21-14(24)12-5-4-6-13(11-12)25-2/h4-6,11H,3,7-10H2,1-2H3,(H,21,24)(H2,20,22,23).